The van der Waals surface area contributed by atoms with E-state index >= 15 is 0 Å². The standard InChI is InChI=1S/C13H23F3N2OS/c1-5-12(4)11(19)18(6-7-20-13(14,15)16)10(17-12)8-9(2)3/h9-10,17H,5-8H2,1-4H3. The Balaban J connectivity index is 2.70. The lowest BCUT2D eigenvalue weighted by atomic mass is 9.99. The van der Waals surface area contributed by atoms with Crippen LogP contribution in [0.3, 0.4) is 0 Å². The fraction of sp³-hybridized carbons (Fsp3) is 0.923. The zero-order valence-electron chi connectivity index (χ0n) is 12.4. The number of carbonyl (C=O) groups is 1. The molecule has 0 spiro atoms. The van der Waals surface area contributed by atoms with E-state index in [0.29, 0.717) is 12.3 Å². The number of hydrogen-bond acceptors (Lipinski definition) is 3. The van der Waals surface area contributed by atoms with Crippen LogP contribution in [0.5, 0.6) is 0 Å². The van der Waals surface area contributed by atoms with E-state index in [0.717, 1.165) is 6.42 Å². The molecule has 0 aromatic carbocycles. The molecule has 20 heavy (non-hydrogen) atoms. The Kier molecular flexibility index (Phi) is 5.78. The largest absolute Gasteiger partial charge is 0.441 e. The van der Waals surface area contributed by atoms with Crippen LogP contribution in [0.4, 0.5) is 13.2 Å². The SMILES string of the molecule is CCC1(C)NC(CC(C)C)N(CCSC(F)(F)F)C1=O. The van der Waals surface area contributed by atoms with Gasteiger partial charge in [0.05, 0.1) is 11.7 Å². The lowest BCUT2D eigenvalue weighted by Crippen LogP contribution is -2.44. The van der Waals surface area contributed by atoms with Gasteiger partial charge in [0.25, 0.3) is 0 Å². The lowest BCUT2D eigenvalue weighted by Gasteiger charge is -2.25. The van der Waals surface area contributed by atoms with E-state index in [1.54, 1.807) is 4.90 Å². The maximum Gasteiger partial charge on any atom is 0.441 e. The van der Waals surface area contributed by atoms with Gasteiger partial charge in [-0.1, -0.05) is 20.8 Å². The highest BCUT2D eigenvalue weighted by Gasteiger charge is 2.46. The third kappa shape index (κ3) is 4.55. The Morgan fingerprint density at radius 3 is 2.50 bits per heavy atom. The minimum Gasteiger partial charge on any atom is -0.325 e. The van der Waals surface area contributed by atoms with Crippen molar-refractivity contribution >= 4 is 17.7 Å². The summed E-state index contributed by atoms with van der Waals surface area (Å²) >= 11 is -0.0705. The minimum absolute atomic E-state index is 0.0705. The highest BCUT2D eigenvalue weighted by molar-refractivity contribution is 8.00. The van der Waals surface area contributed by atoms with Crippen LogP contribution in [0, 0.1) is 5.92 Å². The van der Waals surface area contributed by atoms with E-state index in [9.17, 15) is 18.0 Å². The van der Waals surface area contributed by atoms with E-state index < -0.39 is 11.0 Å². The number of amides is 1. The van der Waals surface area contributed by atoms with E-state index in [2.05, 4.69) is 5.32 Å². The van der Waals surface area contributed by atoms with E-state index in [-0.39, 0.29) is 36.1 Å². The molecule has 3 nitrogen and oxygen atoms in total. The maximum atomic E-state index is 12.4. The molecular formula is C13H23F3N2OS. The smallest absolute Gasteiger partial charge is 0.325 e. The van der Waals surface area contributed by atoms with Gasteiger partial charge in [-0.15, -0.1) is 0 Å². The predicted octanol–water partition coefficient (Wildman–Crippen LogP) is 3.21. The summed E-state index contributed by atoms with van der Waals surface area (Å²) in [7, 11) is 0. The second-order valence-electron chi connectivity index (χ2n) is 5.77. The average Bonchev–Trinajstić information content (AvgIpc) is 2.52. The molecule has 2 unspecified atom stereocenters. The van der Waals surface area contributed by atoms with Crippen LogP contribution in [-0.4, -0.2) is 40.3 Å². The molecule has 1 heterocycles. The van der Waals surface area contributed by atoms with Gasteiger partial charge in [0.1, 0.15) is 0 Å². The molecule has 2 atom stereocenters. The highest BCUT2D eigenvalue weighted by atomic mass is 32.2. The first-order valence-electron chi connectivity index (χ1n) is 6.88. The monoisotopic (exact) mass is 312 g/mol. The van der Waals surface area contributed by atoms with Gasteiger partial charge in [-0.2, -0.15) is 13.2 Å². The number of alkyl halides is 3. The van der Waals surface area contributed by atoms with Crippen LogP contribution >= 0.6 is 11.8 Å². The number of carbonyl (C=O) groups excluding carboxylic acids is 1. The molecular weight excluding hydrogens is 289 g/mol. The van der Waals surface area contributed by atoms with Crippen LogP contribution in [0.15, 0.2) is 0 Å². The molecule has 0 radical (unpaired) electrons. The first-order chi connectivity index (χ1) is 9.09. The second kappa shape index (κ2) is 6.56. The summed E-state index contributed by atoms with van der Waals surface area (Å²) in [6, 6.07) is 0. The van der Waals surface area contributed by atoms with Crippen LogP contribution in [0.1, 0.15) is 40.5 Å². The van der Waals surface area contributed by atoms with Crippen LogP contribution in [0.2, 0.25) is 0 Å². The van der Waals surface area contributed by atoms with Gasteiger partial charge < -0.3 is 4.90 Å². The van der Waals surface area contributed by atoms with Crippen molar-refractivity contribution in [3.63, 3.8) is 0 Å². The van der Waals surface area contributed by atoms with Crippen molar-refractivity contribution in [1.82, 2.24) is 10.2 Å². The fourth-order valence-electron chi connectivity index (χ4n) is 2.37. The second-order valence-corrected chi connectivity index (χ2v) is 6.93. The zero-order valence-corrected chi connectivity index (χ0v) is 13.2. The van der Waals surface area contributed by atoms with Crippen molar-refractivity contribution in [2.45, 2.75) is 57.7 Å². The first kappa shape index (κ1) is 17.6. The molecule has 0 aromatic heterocycles. The molecule has 0 aliphatic carbocycles. The fourth-order valence-corrected chi connectivity index (χ4v) is 2.89. The van der Waals surface area contributed by atoms with Crippen molar-refractivity contribution in [3.05, 3.63) is 0 Å². The molecule has 1 rings (SSSR count). The summed E-state index contributed by atoms with van der Waals surface area (Å²) in [5, 5.41) is 3.28. The number of nitrogens with one attached hydrogen (secondary N) is 1. The molecule has 7 heteroatoms. The molecule has 1 fully saturated rings. The normalized spacial score (nSPS) is 27.7. The van der Waals surface area contributed by atoms with Crippen LogP contribution in [-0.2, 0) is 4.79 Å². The van der Waals surface area contributed by atoms with Gasteiger partial charge >= 0.3 is 5.51 Å². The summed E-state index contributed by atoms with van der Waals surface area (Å²) in [5.74, 6) is 0.163. The average molecular weight is 312 g/mol. The maximum absolute atomic E-state index is 12.4. The molecule has 0 saturated carbocycles. The third-order valence-electron chi connectivity index (χ3n) is 3.59. The lowest BCUT2D eigenvalue weighted by molar-refractivity contribution is -0.132. The van der Waals surface area contributed by atoms with Gasteiger partial charge in [-0.3, -0.25) is 10.1 Å². The Bertz CT molecular complexity index is 349. The summed E-state index contributed by atoms with van der Waals surface area (Å²) in [4.78, 5) is 14.0. The predicted molar refractivity (Wildman–Crippen MR) is 75.3 cm³/mol. The highest BCUT2D eigenvalue weighted by Crippen LogP contribution is 2.32. The minimum atomic E-state index is -4.24. The van der Waals surface area contributed by atoms with Crippen LogP contribution < -0.4 is 5.32 Å². The summed E-state index contributed by atoms with van der Waals surface area (Å²) in [5.41, 5.74) is -4.89. The van der Waals surface area contributed by atoms with E-state index in [1.165, 1.54) is 0 Å². The van der Waals surface area contributed by atoms with Crippen molar-refractivity contribution in [1.29, 1.82) is 0 Å². The topological polar surface area (TPSA) is 32.3 Å². The van der Waals surface area contributed by atoms with E-state index in [1.807, 2.05) is 27.7 Å². The van der Waals surface area contributed by atoms with Crippen molar-refractivity contribution in [3.8, 4) is 0 Å². The van der Waals surface area contributed by atoms with Gasteiger partial charge in [-0.25, -0.2) is 0 Å². The number of hydrogen-bond donors (Lipinski definition) is 1. The Morgan fingerprint density at radius 1 is 1.45 bits per heavy atom. The van der Waals surface area contributed by atoms with Gasteiger partial charge in [0, 0.05) is 12.3 Å². The van der Waals surface area contributed by atoms with Gasteiger partial charge in [0.15, 0.2) is 0 Å². The van der Waals surface area contributed by atoms with E-state index in [4.69, 9.17) is 0 Å². The van der Waals surface area contributed by atoms with Crippen LogP contribution in [0.25, 0.3) is 0 Å². The summed E-state index contributed by atoms with van der Waals surface area (Å²) in [6.45, 7) is 7.93. The first-order valence-corrected chi connectivity index (χ1v) is 7.87. The molecule has 118 valence electrons. The molecule has 1 saturated heterocycles. The number of rotatable bonds is 6. The Hall–Kier alpha value is -0.430. The van der Waals surface area contributed by atoms with Crippen molar-refractivity contribution in [2.75, 3.05) is 12.3 Å². The summed E-state index contributed by atoms with van der Waals surface area (Å²) in [6.07, 6.45) is 1.21. The molecule has 1 amide bonds. The molecule has 0 aromatic rings. The zero-order chi connectivity index (χ0) is 15.6. The van der Waals surface area contributed by atoms with Crippen molar-refractivity contribution in [2.24, 2.45) is 5.92 Å². The molecule has 1 aliphatic rings. The molecule has 1 aliphatic heterocycles. The molecule has 0 bridgehead atoms. The number of thioether (sulfide) groups is 1. The Labute approximate surface area is 122 Å². The Morgan fingerprint density at radius 2 is 2.05 bits per heavy atom. The molecule has 1 N–H and O–H groups in total. The number of halogens is 3. The van der Waals surface area contributed by atoms with Crippen molar-refractivity contribution < 1.29 is 18.0 Å². The van der Waals surface area contributed by atoms with Gasteiger partial charge in [0.2, 0.25) is 5.91 Å². The summed E-state index contributed by atoms with van der Waals surface area (Å²) < 4.78 is 36.6. The quantitative estimate of drug-likeness (QED) is 0.817. The van der Waals surface area contributed by atoms with Gasteiger partial charge in [-0.05, 0) is 37.4 Å². The number of nitrogens with zero attached hydrogens (tertiary/aromatic N) is 1. The third-order valence-corrected chi connectivity index (χ3v) is 4.31.